The van der Waals surface area contributed by atoms with E-state index in [1.807, 2.05) is 72.9 Å². The molecule has 4 heterocycles. The molecular weight excluding hydrogens is 529 g/mol. The number of pyridine rings is 3. The van der Waals surface area contributed by atoms with Gasteiger partial charge in [0, 0.05) is 29.2 Å². The van der Waals surface area contributed by atoms with E-state index in [0.717, 1.165) is 39.0 Å². The molecule has 0 bridgehead atoms. The standard InChI is InChI=1S/C34H22FN5O2/c35-31-19-17-27(33(38-31)40(41)42)29-18-16-26-28-22-36-21-20-30(28)39(32(26)37-29)34(23-10-4-1-5-11-23,24-12-6-2-7-13-24)25-14-8-3-9-15-25/h1-22H/i35+0. The van der Waals surface area contributed by atoms with Crippen LogP contribution in [-0.2, 0) is 5.54 Å². The van der Waals surface area contributed by atoms with Crippen LogP contribution in [0.25, 0.3) is 33.2 Å². The number of hydrogen-bond donors (Lipinski definition) is 0. The predicted molar refractivity (Wildman–Crippen MR) is 159 cm³/mol. The highest BCUT2D eigenvalue weighted by molar-refractivity contribution is 6.07. The molecule has 0 radical (unpaired) electrons. The van der Waals surface area contributed by atoms with Gasteiger partial charge in [0.2, 0.25) is 0 Å². The summed E-state index contributed by atoms with van der Waals surface area (Å²) in [5.74, 6) is -1.52. The van der Waals surface area contributed by atoms with Crippen molar-refractivity contribution < 1.29 is 9.31 Å². The largest absolute Gasteiger partial charge is 0.376 e. The van der Waals surface area contributed by atoms with Crippen molar-refractivity contribution >= 4 is 27.8 Å². The summed E-state index contributed by atoms with van der Waals surface area (Å²) >= 11 is 0. The van der Waals surface area contributed by atoms with E-state index in [1.54, 1.807) is 12.3 Å². The molecule has 7 aromatic rings. The molecule has 0 aliphatic rings. The lowest BCUT2D eigenvalue weighted by Crippen LogP contribution is -2.37. The lowest BCUT2D eigenvalue weighted by atomic mass is 9.76. The van der Waals surface area contributed by atoms with Crippen molar-refractivity contribution in [2.75, 3.05) is 0 Å². The zero-order chi connectivity index (χ0) is 28.7. The Kier molecular flexibility index (Phi) is 6.01. The second kappa shape index (κ2) is 10.0. The molecule has 0 amide bonds. The van der Waals surface area contributed by atoms with Gasteiger partial charge in [-0.25, -0.2) is 4.98 Å². The molecule has 3 aromatic carbocycles. The fraction of sp³-hybridized carbons (Fsp3) is 0.0294. The fourth-order valence-electron chi connectivity index (χ4n) is 5.91. The van der Waals surface area contributed by atoms with Gasteiger partial charge in [-0.15, -0.1) is 0 Å². The smallest absolute Gasteiger partial charge is 0.358 e. The van der Waals surface area contributed by atoms with Crippen LogP contribution in [-0.4, -0.2) is 24.4 Å². The normalized spacial score (nSPS) is 11.6. The summed E-state index contributed by atoms with van der Waals surface area (Å²) in [6.07, 6.45) is 3.56. The molecule has 0 N–H and O–H groups in total. The van der Waals surface area contributed by atoms with E-state index in [9.17, 15) is 14.5 Å². The third-order valence-electron chi connectivity index (χ3n) is 7.62. The highest BCUT2D eigenvalue weighted by Crippen LogP contribution is 2.46. The molecule has 202 valence electrons. The third-order valence-corrected chi connectivity index (χ3v) is 7.62. The lowest BCUT2D eigenvalue weighted by Gasteiger charge is -2.38. The van der Waals surface area contributed by atoms with Gasteiger partial charge in [-0.05, 0) is 50.9 Å². The minimum atomic E-state index is -0.928. The zero-order valence-electron chi connectivity index (χ0n) is 22.1. The Morgan fingerprint density at radius 2 is 1.29 bits per heavy atom. The van der Waals surface area contributed by atoms with E-state index in [0.29, 0.717) is 11.3 Å². The topological polar surface area (TPSA) is 86.7 Å². The van der Waals surface area contributed by atoms with Crippen molar-refractivity contribution in [2.45, 2.75) is 5.54 Å². The van der Waals surface area contributed by atoms with Crippen molar-refractivity contribution in [1.82, 2.24) is 19.5 Å². The molecule has 8 heteroatoms. The molecule has 0 spiro atoms. The summed E-state index contributed by atoms with van der Waals surface area (Å²) in [6.45, 7) is 0. The van der Waals surface area contributed by atoms with Gasteiger partial charge in [0.25, 0.3) is 0 Å². The van der Waals surface area contributed by atoms with Crippen LogP contribution in [0.2, 0.25) is 0 Å². The Hall–Kier alpha value is -5.76. The highest BCUT2D eigenvalue weighted by Gasteiger charge is 2.41. The molecule has 7 nitrogen and oxygen atoms in total. The third kappa shape index (κ3) is 3.84. The quantitative estimate of drug-likeness (QED) is 0.0923. The number of hydrogen-bond acceptors (Lipinski definition) is 5. The Labute approximate surface area is 239 Å². The number of aromatic nitrogens is 4. The maximum absolute atomic E-state index is 14.0. The molecule has 0 atom stereocenters. The zero-order valence-corrected chi connectivity index (χ0v) is 22.1. The van der Waals surface area contributed by atoms with E-state index < -0.39 is 22.2 Å². The highest BCUT2D eigenvalue weighted by atomic mass is 19.1. The molecule has 42 heavy (non-hydrogen) atoms. The van der Waals surface area contributed by atoms with Crippen molar-refractivity contribution in [3.8, 4) is 11.3 Å². The van der Waals surface area contributed by atoms with Gasteiger partial charge in [-0.3, -0.25) is 4.98 Å². The van der Waals surface area contributed by atoms with Gasteiger partial charge in [0.1, 0.15) is 11.2 Å². The SMILES string of the molecule is O=[N+]([O-])c1nc([19F])ccc1-c1ccc2c3cnccc3n(C(c3ccccc3)(c3ccccc3)c3ccccc3)c2n1. The molecule has 4 aromatic heterocycles. The van der Waals surface area contributed by atoms with Crippen LogP contribution in [0, 0.1) is 16.1 Å². The summed E-state index contributed by atoms with van der Waals surface area (Å²) in [6, 6.07) is 38.6. The second-order valence-electron chi connectivity index (χ2n) is 9.87. The first kappa shape index (κ1) is 25.2. The van der Waals surface area contributed by atoms with Gasteiger partial charge < -0.3 is 14.7 Å². The van der Waals surface area contributed by atoms with Crippen LogP contribution < -0.4 is 0 Å². The Morgan fingerprint density at radius 1 is 0.690 bits per heavy atom. The van der Waals surface area contributed by atoms with Gasteiger partial charge >= 0.3 is 11.8 Å². The summed E-state index contributed by atoms with van der Waals surface area (Å²) in [4.78, 5) is 24.2. The molecule has 0 saturated heterocycles. The van der Waals surface area contributed by atoms with Crippen LogP contribution in [0.1, 0.15) is 16.7 Å². The van der Waals surface area contributed by atoms with Gasteiger partial charge in [-0.1, -0.05) is 91.0 Å². The van der Waals surface area contributed by atoms with Crippen LogP contribution in [0.3, 0.4) is 0 Å². The van der Waals surface area contributed by atoms with Crippen molar-refractivity contribution in [3.63, 3.8) is 0 Å². The first-order chi connectivity index (χ1) is 20.6. The maximum Gasteiger partial charge on any atom is 0.376 e. The monoisotopic (exact) mass is 551 g/mol. The van der Waals surface area contributed by atoms with E-state index >= 15 is 0 Å². The van der Waals surface area contributed by atoms with E-state index in [2.05, 4.69) is 50.9 Å². The second-order valence-corrected chi connectivity index (χ2v) is 9.87. The number of fused-ring (bicyclic) bond motifs is 3. The minimum absolute atomic E-state index is 0.128. The summed E-state index contributed by atoms with van der Waals surface area (Å²) in [5.41, 5.74) is 4.01. The predicted octanol–water partition coefficient (Wildman–Crippen LogP) is 7.53. The van der Waals surface area contributed by atoms with Crippen LogP contribution >= 0.6 is 0 Å². The molecule has 0 aliphatic heterocycles. The average molecular weight is 552 g/mol. The summed E-state index contributed by atoms with van der Waals surface area (Å²) in [7, 11) is 0. The number of nitrogens with zero attached hydrogens (tertiary/aromatic N) is 5. The molecule has 0 fully saturated rings. The van der Waals surface area contributed by atoms with Crippen LogP contribution in [0.4, 0.5) is 10.2 Å². The van der Waals surface area contributed by atoms with E-state index in [1.165, 1.54) is 6.07 Å². The number of rotatable bonds is 6. The van der Waals surface area contributed by atoms with Crippen LogP contribution in [0.15, 0.2) is 134 Å². The molecule has 7 rings (SSSR count). The van der Waals surface area contributed by atoms with Crippen molar-refractivity contribution in [3.05, 3.63) is 166 Å². The lowest BCUT2D eigenvalue weighted by molar-refractivity contribution is -0.389. The Balaban J connectivity index is 1.68. The molecule has 0 aliphatic carbocycles. The number of nitro groups is 1. The number of benzene rings is 3. The molecule has 0 saturated carbocycles. The van der Waals surface area contributed by atoms with Crippen molar-refractivity contribution in [1.29, 1.82) is 0 Å². The van der Waals surface area contributed by atoms with E-state index in [4.69, 9.17) is 4.98 Å². The fourth-order valence-corrected chi connectivity index (χ4v) is 5.91. The van der Waals surface area contributed by atoms with Gasteiger partial charge in [0.05, 0.1) is 16.8 Å². The molecule has 0 unspecified atom stereocenters. The summed E-state index contributed by atoms with van der Waals surface area (Å²) in [5, 5.41) is 13.6. The number of halogens is 1. The molecular formula is C34H22FN5O2. The Bertz CT molecular complexity index is 1980. The average Bonchev–Trinajstić information content (AvgIpc) is 3.37. The summed E-state index contributed by atoms with van der Waals surface area (Å²) < 4.78 is 16.1. The van der Waals surface area contributed by atoms with Crippen LogP contribution in [0.5, 0.6) is 0 Å². The van der Waals surface area contributed by atoms with Crippen molar-refractivity contribution in [2.24, 2.45) is 0 Å². The van der Waals surface area contributed by atoms with Gasteiger partial charge in [-0.2, -0.15) is 4.39 Å². The van der Waals surface area contributed by atoms with Gasteiger partial charge in [0.15, 0.2) is 0 Å². The Morgan fingerprint density at radius 3 is 1.86 bits per heavy atom. The van der Waals surface area contributed by atoms with E-state index in [-0.39, 0.29) is 5.56 Å². The first-order valence-corrected chi connectivity index (χ1v) is 13.3. The maximum atomic E-state index is 14.0. The minimum Gasteiger partial charge on any atom is -0.358 e. The first-order valence-electron chi connectivity index (χ1n) is 13.3.